The van der Waals surface area contributed by atoms with E-state index in [4.69, 9.17) is 37.1 Å². The van der Waals surface area contributed by atoms with E-state index in [1.807, 2.05) is 43.5 Å². The highest BCUT2D eigenvalue weighted by atomic mass is 35.5. The van der Waals surface area contributed by atoms with Crippen LogP contribution in [0.3, 0.4) is 0 Å². The average molecular weight is 631 g/mol. The Kier molecular flexibility index (Phi) is 11.0. The number of nitrogens with one attached hydrogen (secondary N) is 1. The third-order valence-corrected chi connectivity index (χ3v) is 7.32. The van der Waals surface area contributed by atoms with Crippen LogP contribution in [0.1, 0.15) is 53.0 Å². The molecule has 0 radical (unpaired) electrons. The maximum absolute atomic E-state index is 12.3. The molecule has 0 unspecified atom stereocenters. The van der Waals surface area contributed by atoms with Crippen molar-refractivity contribution in [3.05, 3.63) is 87.0 Å². The van der Waals surface area contributed by atoms with Crippen molar-refractivity contribution in [2.24, 2.45) is 5.10 Å². The predicted molar refractivity (Wildman–Crippen MR) is 162 cm³/mol. The van der Waals surface area contributed by atoms with E-state index >= 15 is 0 Å². The molecule has 0 atom stereocenters. The second-order valence-corrected chi connectivity index (χ2v) is 10.9. The molecule has 0 saturated heterocycles. The summed E-state index contributed by atoms with van der Waals surface area (Å²) in [6, 6.07) is 14.1. The molecule has 0 spiro atoms. The van der Waals surface area contributed by atoms with Crippen molar-refractivity contribution >= 4 is 53.1 Å². The van der Waals surface area contributed by atoms with E-state index < -0.39 is 0 Å². The number of aryl methyl sites for hydroxylation is 1. The van der Waals surface area contributed by atoms with Crippen molar-refractivity contribution in [3.8, 4) is 11.4 Å². The molecular weight excluding hydrogens is 601 g/mol. The first kappa shape index (κ1) is 31.1. The number of carbonyl (C=O) groups excluding carboxylic acids is 2. The summed E-state index contributed by atoms with van der Waals surface area (Å²) in [4.78, 5) is 24.5. The molecule has 4 aromatic rings. The number of thioether (sulfide) groups is 1. The third-order valence-electron chi connectivity index (χ3n) is 5.98. The Labute approximate surface area is 257 Å². The van der Waals surface area contributed by atoms with Crippen LogP contribution in [-0.2, 0) is 16.1 Å². The Bertz CT molecular complexity index is 1570. The minimum absolute atomic E-state index is 0.0134. The monoisotopic (exact) mass is 629 g/mol. The van der Waals surface area contributed by atoms with Gasteiger partial charge in [-0.2, -0.15) is 5.10 Å². The average Bonchev–Trinajstić information content (AvgIpc) is 3.54. The maximum Gasteiger partial charge on any atom is 0.338 e. The van der Waals surface area contributed by atoms with Crippen molar-refractivity contribution in [2.45, 2.75) is 45.4 Å². The van der Waals surface area contributed by atoms with Crippen molar-refractivity contribution in [2.75, 3.05) is 12.4 Å². The molecule has 2 heterocycles. The number of esters is 1. The van der Waals surface area contributed by atoms with Gasteiger partial charge in [0.2, 0.25) is 0 Å². The number of halogens is 2. The number of ether oxygens (including phenoxy) is 2. The molecule has 13 heteroatoms. The summed E-state index contributed by atoms with van der Waals surface area (Å²) in [6.45, 7) is 6.40. The van der Waals surface area contributed by atoms with Crippen LogP contribution >= 0.6 is 35.0 Å². The molecule has 1 amide bonds. The smallest absolute Gasteiger partial charge is 0.338 e. The normalized spacial score (nSPS) is 11.2. The van der Waals surface area contributed by atoms with Gasteiger partial charge in [-0.05, 0) is 68.8 Å². The predicted octanol–water partition coefficient (Wildman–Crippen LogP) is 6.56. The quantitative estimate of drug-likeness (QED) is 0.0580. The second kappa shape index (κ2) is 14.9. The van der Waals surface area contributed by atoms with Crippen LogP contribution in [0, 0.1) is 13.8 Å². The summed E-state index contributed by atoms with van der Waals surface area (Å²) in [5.74, 6) is 0.0268. The number of hydrogen-bond donors (Lipinski definition) is 1. The number of benzene rings is 2. The second-order valence-electron chi connectivity index (χ2n) is 9.11. The van der Waals surface area contributed by atoms with Gasteiger partial charge in [0, 0.05) is 27.7 Å². The fourth-order valence-corrected chi connectivity index (χ4v) is 4.91. The number of carbonyl (C=O) groups is 2. The number of hydrazone groups is 1. The Morgan fingerprint density at radius 1 is 1.12 bits per heavy atom. The van der Waals surface area contributed by atoms with Gasteiger partial charge in [0.05, 0.1) is 29.2 Å². The minimum atomic E-state index is -0.338. The van der Waals surface area contributed by atoms with Gasteiger partial charge in [0.1, 0.15) is 5.75 Å². The van der Waals surface area contributed by atoms with Crippen LogP contribution in [0.5, 0.6) is 5.75 Å². The zero-order valence-corrected chi connectivity index (χ0v) is 25.6. The van der Waals surface area contributed by atoms with Gasteiger partial charge in [-0.1, -0.05) is 48.3 Å². The van der Waals surface area contributed by atoms with Gasteiger partial charge in [-0.25, -0.2) is 10.2 Å². The van der Waals surface area contributed by atoms with Gasteiger partial charge in [-0.3, -0.25) is 4.79 Å². The first-order valence-electron chi connectivity index (χ1n) is 13.1. The lowest BCUT2D eigenvalue weighted by Gasteiger charge is -2.10. The summed E-state index contributed by atoms with van der Waals surface area (Å²) >= 11 is 13.1. The molecule has 0 bridgehead atoms. The number of amides is 1. The zero-order chi connectivity index (χ0) is 30.1. The fourth-order valence-electron chi connectivity index (χ4n) is 3.87. The SMILES string of the molecule is CCCCOC(=O)c1ccc(-n2c(C)cc(/C=N\NC(=O)CSc3nnc(COc4ccc(Cl)cc4Cl)o3)c2C)cc1. The van der Waals surface area contributed by atoms with Crippen molar-refractivity contribution in [3.63, 3.8) is 0 Å². The van der Waals surface area contributed by atoms with Crippen LogP contribution in [0.25, 0.3) is 5.69 Å². The summed E-state index contributed by atoms with van der Waals surface area (Å²) in [5.41, 5.74) is 6.66. The Hall–Kier alpha value is -3.80. The first-order valence-corrected chi connectivity index (χ1v) is 14.8. The van der Waals surface area contributed by atoms with Gasteiger partial charge >= 0.3 is 5.97 Å². The number of unbranched alkanes of at least 4 members (excludes halogenated alkanes) is 1. The van der Waals surface area contributed by atoms with E-state index in [0.717, 1.165) is 47.2 Å². The number of aromatic nitrogens is 3. The lowest BCUT2D eigenvalue weighted by molar-refractivity contribution is -0.118. The third kappa shape index (κ3) is 8.37. The molecule has 0 aliphatic heterocycles. The molecule has 0 saturated carbocycles. The van der Waals surface area contributed by atoms with Crippen LogP contribution in [-0.4, -0.2) is 45.2 Å². The summed E-state index contributed by atoms with van der Waals surface area (Å²) in [5, 5.41) is 13.0. The zero-order valence-electron chi connectivity index (χ0n) is 23.2. The summed E-state index contributed by atoms with van der Waals surface area (Å²) < 4.78 is 18.4. The van der Waals surface area contributed by atoms with Gasteiger partial charge in [0.25, 0.3) is 17.0 Å². The molecule has 0 aliphatic rings. The van der Waals surface area contributed by atoms with Gasteiger partial charge < -0.3 is 18.5 Å². The number of hydrogen-bond acceptors (Lipinski definition) is 9. The van der Waals surface area contributed by atoms with Crippen LogP contribution in [0.4, 0.5) is 0 Å². The Morgan fingerprint density at radius 2 is 1.90 bits per heavy atom. The van der Waals surface area contributed by atoms with E-state index in [1.165, 1.54) is 0 Å². The summed E-state index contributed by atoms with van der Waals surface area (Å²) in [6.07, 6.45) is 3.39. The van der Waals surface area contributed by atoms with Crippen LogP contribution in [0.15, 0.2) is 63.3 Å². The van der Waals surface area contributed by atoms with Gasteiger partial charge in [0.15, 0.2) is 6.61 Å². The van der Waals surface area contributed by atoms with E-state index in [1.54, 1.807) is 36.5 Å². The standard InChI is InChI=1S/C29H29Cl2N5O5S/c1-4-5-12-39-28(38)20-6-9-23(10-7-20)36-18(2)13-21(19(36)3)15-32-33-26(37)17-42-29-35-34-27(41-29)16-40-25-11-8-22(30)14-24(25)31/h6-11,13-15H,4-5,12,16-17H2,1-3H3,(H,33,37)/b32-15-. The molecule has 10 nitrogen and oxygen atoms in total. The Morgan fingerprint density at radius 3 is 2.64 bits per heavy atom. The highest BCUT2D eigenvalue weighted by molar-refractivity contribution is 7.99. The number of rotatable bonds is 13. The number of nitrogens with zero attached hydrogens (tertiary/aromatic N) is 4. The lowest BCUT2D eigenvalue weighted by atomic mass is 10.2. The Balaban J connectivity index is 1.26. The largest absolute Gasteiger partial charge is 0.482 e. The van der Waals surface area contributed by atoms with E-state index in [2.05, 4.69) is 20.7 Å². The van der Waals surface area contributed by atoms with Crippen molar-refractivity contribution < 1.29 is 23.5 Å². The van der Waals surface area contributed by atoms with E-state index in [-0.39, 0.29) is 35.3 Å². The molecule has 2 aromatic carbocycles. The van der Waals surface area contributed by atoms with Crippen LogP contribution < -0.4 is 10.2 Å². The molecule has 1 N–H and O–H groups in total. The maximum atomic E-state index is 12.3. The lowest BCUT2D eigenvalue weighted by Crippen LogP contribution is -2.19. The topological polar surface area (TPSA) is 121 Å². The van der Waals surface area contributed by atoms with Crippen molar-refractivity contribution in [1.82, 2.24) is 20.2 Å². The van der Waals surface area contributed by atoms with Gasteiger partial charge in [-0.15, -0.1) is 10.2 Å². The van der Waals surface area contributed by atoms with E-state index in [9.17, 15) is 9.59 Å². The molecule has 0 fully saturated rings. The molecule has 0 aliphatic carbocycles. The van der Waals surface area contributed by atoms with Crippen molar-refractivity contribution in [1.29, 1.82) is 0 Å². The fraction of sp³-hybridized carbons (Fsp3) is 0.276. The molecule has 2 aromatic heterocycles. The molecule has 4 rings (SSSR count). The molecular formula is C29H29Cl2N5O5S. The van der Waals surface area contributed by atoms with E-state index in [0.29, 0.717) is 28.0 Å². The first-order chi connectivity index (χ1) is 20.2. The van der Waals surface area contributed by atoms with Crippen LogP contribution in [0.2, 0.25) is 10.0 Å². The molecule has 220 valence electrons. The molecule has 42 heavy (non-hydrogen) atoms. The highest BCUT2D eigenvalue weighted by Gasteiger charge is 2.13. The minimum Gasteiger partial charge on any atom is -0.482 e. The highest BCUT2D eigenvalue weighted by Crippen LogP contribution is 2.28. The summed E-state index contributed by atoms with van der Waals surface area (Å²) in [7, 11) is 0.